The molecule has 2 heterocycles. The summed E-state index contributed by atoms with van der Waals surface area (Å²) < 4.78 is 11.3. The van der Waals surface area contributed by atoms with Gasteiger partial charge in [0.1, 0.15) is 0 Å². The predicted octanol–water partition coefficient (Wildman–Crippen LogP) is 1.33. The van der Waals surface area contributed by atoms with Gasteiger partial charge in [-0.25, -0.2) is 0 Å². The molecule has 4 nitrogen and oxygen atoms in total. The highest BCUT2D eigenvalue weighted by Crippen LogP contribution is 2.13. The molecule has 2 atom stereocenters. The van der Waals surface area contributed by atoms with Crippen molar-refractivity contribution < 1.29 is 9.47 Å². The third-order valence-corrected chi connectivity index (χ3v) is 3.29. The zero-order valence-corrected chi connectivity index (χ0v) is 11.2. The Balaban J connectivity index is 2.03. The van der Waals surface area contributed by atoms with Gasteiger partial charge in [0.25, 0.3) is 0 Å². The van der Waals surface area contributed by atoms with Crippen LogP contribution in [0.3, 0.4) is 0 Å². The van der Waals surface area contributed by atoms with Gasteiger partial charge in [-0.2, -0.15) is 0 Å². The Bertz CT molecular complexity index is 365. The van der Waals surface area contributed by atoms with Gasteiger partial charge in [0.2, 0.25) is 0 Å². The molecule has 1 aliphatic rings. The molecule has 1 aromatic rings. The molecule has 0 saturated carbocycles. The minimum atomic E-state index is 0.125. The molecule has 4 heteroatoms. The molecule has 18 heavy (non-hydrogen) atoms. The monoisotopic (exact) mass is 250 g/mol. The van der Waals surface area contributed by atoms with E-state index in [-0.39, 0.29) is 12.1 Å². The average Bonchev–Trinajstić information content (AvgIpc) is 2.42. The maximum Gasteiger partial charge on any atom is 0.0965 e. The standard InChI is InChI=1S/C14H22N2O2/c1-3-15-13(14-10-17-7-8-18-14)9-12-11(2)5-4-6-16-12/h4-6,13-15H,3,7-10H2,1-2H3. The lowest BCUT2D eigenvalue weighted by atomic mass is 10.0. The molecule has 1 aliphatic heterocycles. The van der Waals surface area contributed by atoms with E-state index in [0.29, 0.717) is 19.8 Å². The van der Waals surface area contributed by atoms with Gasteiger partial charge in [0, 0.05) is 24.4 Å². The van der Waals surface area contributed by atoms with Gasteiger partial charge in [0.15, 0.2) is 0 Å². The Kier molecular flexibility index (Phi) is 5.11. The summed E-state index contributed by atoms with van der Waals surface area (Å²) in [6, 6.07) is 4.34. The van der Waals surface area contributed by atoms with Crippen LogP contribution in [0.4, 0.5) is 0 Å². The lowest BCUT2D eigenvalue weighted by Gasteiger charge is -2.31. The molecule has 0 spiro atoms. The Hall–Kier alpha value is -0.970. The second kappa shape index (κ2) is 6.83. The van der Waals surface area contributed by atoms with Crippen LogP contribution in [-0.4, -0.2) is 43.5 Å². The number of nitrogens with zero attached hydrogens (tertiary/aromatic N) is 1. The number of aromatic nitrogens is 1. The summed E-state index contributed by atoms with van der Waals surface area (Å²) in [6.07, 6.45) is 2.86. The van der Waals surface area contributed by atoms with Crippen LogP contribution in [0.5, 0.6) is 0 Å². The van der Waals surface area contributed by atoms with E-state index in [0.717, 1.165) is 18.7 Å². The summed E-state index contributed by atoms with van der Waals surface area (Å²) in [4.78, 5) is 4.46. The summed E-state index contributed by atoms with van der Waals surface area (Å²) in [5.74, 6) is 0. The van der Waals surface area contributed by atoms with Crippen molar-refractivity contribution in [2.75, 3.05) is 26.4 Å². The summed E-state index contributed by atoms with van der Waals surface area (Å²) in [5, 5.41) is 3.48. The van der Waals surface area contributed by atoms with E-state index in [1.54, 1.807) is 0 Å². The van der Waals surface area contributed by atoms with Gasteiger partial charge in [-0.05, 0) is 25.1 Å². The summed E-state index contributed by atoms with van der Waals surface area (Å²) in [6.45, 7) is 7.21. The molecular weight excluding hydrogens is 228 g/mol. The van der Waals surface area contributed by atoms with E-state index in [2.05, 4.69) is 30.2 Å². The molecule has 1 fully saturated rings. The third kappa shape index (κ3) is 3.51. The Labute approximate surface area is 109 Å². The van der Waals surface area contributed by atoms with Crippen molar-refractivity contribution >= 4 is 0 Å². The van der Waals surface area contributed by atoms with Crippen LogP contribution in [0.15, 0.2) is 18.3 Å². The van der Waals surface area contributed by atoms with Crippen LogP contribution in [0, 0.1) is 6.92 Å². The Morgan fingerprint density at radius 1 is 1.50 bits per heavy atom. The zero-order valence-electron chi connectivity index (χ0n) is 11.2. The van der Waals surface area contributed by atoms with Crippen LogP contribution >= 0.6 is 0 Å². The number of rotatable bonds is 5. The minimum absolute atomic E-state index is 0.125. The van der Waals surface area contributed by atoms with Gasteiger partial charge < -0.3 is 14.8 Å². The van der Waals surface area contributed by atoms with E-state index in [1.807, 2.05) is 12.3 Å². The van der Waals surface area contributed by atoms with E-state index < -0.39 is 0 Å². The van der Waals surface area contributed by atoms with Crippen LogP contribution in [0.25, 0.3) is 0 Å². The summed E-state index contributed by atoms with van der Waals surface area (Å²) in [5.41, 5.74) is 2.37. The van der Waals surface area contributed by atoms with E-state index >= 15 is 0 Å². The first-order valence-corrected chi connectivity index (χ1v) is 6.64. The first-order valence-electron chi connectivity index (χ1n) is 6.64. The molecule has 0 aromatic carbocycles. The lowest BCUT2D eigenvalue weighted by molar-refractivity contribution is -0.101. The van der Waals surface area contributed by atoms with Gasteiger partial charge in [0.05, 0.1) is 25.9 Å². The van der Waals surface area contributed by atoms with Gasteiger partial charge in [-0.15, -0.1) is 0 Å². The van der Waals surface area contributed by atoms with Gasteiger partial charge in [-0.3, -0.25) is 4.98 Å². The maximum atomic E-state index is 5.79. The van der Waals surface area contributed by atoms with Crippen molar-refractivity contribution in [1.82, 2.24) is 10.3 Å². The first-order chi connectivity index (χ1) is 8.81. The first kappa shape index (κ1) is 13.5. The number of nitrogens with one attached hydrogen (secondary N) is 1. The Morgan fingerprint density at radius 3 is 3.06 bits per heavy atom. The lowest BCUT2D eigenvalue weighted by Crippen LogP contribution is -2.48. The highest BCUT2D eigenvalue weighted by atomic mass is 16.6. The quantitative estimate of drug-likeness (QED) is 0.856. The summed E-state index contributed by atoms with van der Waals surface area (Å²) >= 11 is 0. The van der Waals surface area contributed by atoms with Crippen LogP contribution in [0.1, 0.15) is 18.2 Å². The van der Waals surface area contributed by atoms with Crippen molar-refractivity contribution in [3.8, 4) is 0 Å². The molecule has 100 valence electrons. The molecule has 0 amide bonds. The van der Waals surface area contributed by atoms with Crippen molar-refractivity contribution in [3.63, 3.8) is 0 Å². The van der Waals surface area contributed by atoms with Crippen LogP contribution < -0.4 is 5.32 Å². The van der Waals surface area contributed by atoms with Crippen molar-refractivity contribution in [2.24, 2.45) is 0 Å². The minimum Gasteiger partial charge on any atom is -0.376 e. The van der Waals surface area contributed by atoms with Crippen LogP contribution in [-0.2, 0) is 15.9 Å². The molecule has 1 saturated heterocycles. The smallest absolute Gasteiger partial charge is 0.0965 e. The van der Waals surface area contributed by atoms with E-state index in [1.165, 1.54) is 5.56 Å². The fourth-order valence-corrected chi connectivity index (χ4v) is 2.28. The van der Waals surface area contributed by atoms with E-state index in [9.17, 15) is 0 Å². The molecule has 2 unspecified atom stereocenters. The number of hydrogen-bond acceptors (Lipinski definition) is 4. The van der Waals surface area contributed by atoms with E-state index in [4.69, 9.17) is 9.47 Å². The summed E-state index contributed by atoms with van der Waals surface area (Å²) in [7, 11) is 0. The SMILES string of the molecule is CCNC(Cc1ncccc1C)C1COCCO1. The normalized spacial score (nSPS) is 21.8. The zero-order chi connectivity index (χ0) is 12.8. The van der Waals surface area contributed by atoms with Crippen molar-refractivity contribution in [2.45, 2.75) is 32.4 Å². The number of ether oxygens (including phenoxy) is 2. The van der Waals surface area contributed by atoms with Crippen molar-refractivity contribution in [3.05, 3.63) is 29.6 Å². The van der Waals surface area contributed by atoms with Gasteiger partial charge >= 0.3 is 0 Å². The molecule has 2 rings (SSSR count). The third-order valence-electron chi connectivity index (χ3n) is 3.29. The number of hydrogen-bond donors (Lipinski definition) is 1. The number of likely N-dealkylation sites (N-methyl/N-ethyl adjacent to an activating group) is 1. The molecule has 1 N–H and O–H groups in total. The molecular formula is C14H22N2O2. The highest BCUT2D eigenvalue weighted by molar-refractivity contribution is 5.19. The maximum absolute atomic E-state index is 5.79. The topological polar surface area (TPSA) is 43.4 Å². The molecule has 0 aliphatic carbocycles. The molecule has 1 aromatic heterocycles. The average molecular weight is 250 g/mol. The van der Waals surface area contributed by atoms with Crippen molar-refractivity contribution in [1.29, 1.82) is 0 Å². The second-order valence-electron chi connectivity index (χ2n) is 4.62. The number of pyridine rings is 1. The van der Waals surface area contributed by atoms with Gasteiger partial charge in [-0.1, -0.05) is 13.0 Å². The largest absolute Gasteiger partial charge is 0.376 e. The highest BCUT2D eigenvalue weighted by Gasteiger charge is 2.25. The molecule has 0 bridgehead atoms. The Morgan fingerprint density at radius 2 is 2.39 bits per heavy atom. The second-order valence-corrected chi connectivity index (χ2v) is 4.62. The molecule has 0 radical (unpaired) electrons. The fraction of sp³-hybridized carbons (Fsp3) is 0.643. The predicted molar refractivity (Wildman–Crippen MR) is 70.7 cm³/mol. The number of aryl methyl sites for hydroxylation is 1. The van der Waals surface area contributed by atoms with Crippen LogP contribution in [0.2, 0.25) is 0 Å². The fourth-order valence-electron chi connectivity index (χ4n) is 2.28.